The summed E-state index contributed by atoms with van der Waals surface area (Å²) < 4.78 is 9.29. The molecule has 0 radical (unpaired) electrons. The van der Waals surface area contributed by atoms with E-state index in [0.717, 1.165) is 0 Å². The summed E-state index contributed by atoms with van der Waals surface area (Å²) in [7, 11) is 1.41. The average molecular weight is 228 g/mol. The van der Waals surface area contributed by atoms with E-state index in [1.807, 2.05) is 0 Å². The summed E-state index contributed by atoms with van der Waals surface area (Å²) in [4.78, 5) is 21.6. The number of ether oxygens (including phenoxy) is 2. The summed E-state index contributed by atoms with van der Waals surface area (Å²) in [5.41, 5.74) is 10.2. The number of carbonyl (C=O) groups is 1. The summed E-state index contributed by atoms with van der Waals surface area (Å²) >= 11 is 0. The molecule has 1 amide bonds. The first-order valence-electron chi connectivity index (χ1n) is 4.33. The van der Waals surface area contributed by atoms with E-state index < -0.39 is 6.09 Å². The van der Waals surface area contributed by atoms with Crippen molar-refractivity contribution in [3.8, 4) is 6.01 Å². The van der Waals surface area contributed by atoms with E-state index in [9.17, 15) is 4.79 Å². The maximum absolute atomic E-state index is 10.3. The molecule has 0 fully saturated rings. The van der Waals surface area contributed by atoms with Crippen LogP contribution >= 0.6 is 0 Å². The van der Waals surface area contributed by atoms with E-state index in [4.69, 9.17) is 16.2 Å². The highest BCUT2D eigenvalue weighted by Gasteiger charge is 2.03. The molecule has 1 aromatic heterocycles. The Morgan fingerprint density at radius 2 is 2.19 bits per heavy atom. The van der Waals surface area contributed by atoms with Crippen molar-refractivity contribution in [1.82, 2.24) is 15.0 Å². The minimum atomic E-state index is -0.838. The van der Waals surface area contributed by atoms with Crippen LogP contribution in [0.3, 0.4) is 0 Å². The molecule has 0 saturated heterocycles. The predicted octanol–water partition coefficient (Wildman–Crippen LogP) is -1.03. The number of nitrogens with one attached hydrogen (secondary N) is 1. The Balaban J connectivity index is 2.47. The van der Waals surface area contributed by atoms with Gasteiger partial charge in [-0.1, -0.05) is 0 Å². The molecule has 1 heterocycles. The van der Waals surface area contributed by atoms with Gasteiger partial charge in [-0.2, -0.15) is 15.0 Å². The summed E-state index contributed by atoms with van der Waals surface area (Å²) in [6.07, 6.45) is -0.838. The number of anilines is 2. The Morgan fingerprint density at radius 1 is 1.44 bits per heavy atom. The van der Waals surface area contributed by atoms with Gasteiger partial charge in [-0.25, -0.2) is 4.79 Å². The van der Waals surface area contributed by atoms with Crippen molar-refractivity contribution in [2.75, 3.05) is 31.3 Å². The van der Waals surface area contributed by atoms with Crippen molar-refractivity contribution in [2.24, 2.45) is 5.73 Å². The van der Waals surface area contributed by atoms with Crippen LogP contribution in [0.5, 0.6) is 6.01 Å². The van der Waals surface area contributed by atoms with E-state index in [2.05, 4.69) is 25.0 Å². The Kier molecular flexibility index (Phi) is 4.07. The molecule has 0 aromatic carbocycles. The highest BCUT2D eigenvalue weighted by atomic mass is 16.5. The number of nitrogens with zero attached hydrogens (tertiary/aromatic N) is 3. The minimum Gasteiger partial charge on any atom is -0.467 e. The van der Waals surface area contributed by atoms with Gasteiger partial charge < -0.3 is 26.3 Å². The molecule has 88 valence electrons. The molecule has 1 rings (SSSR count). The number of rotatable bonds is 5. The number of nitrogens with two attached hydrogens (primary N) is 2. The second-order valence-electron chi connectivity index (χ2n) is 2.60. The fourth-order valence-electron chi connectivity index (χ4n) is 0.857. The smallest absolute Gasteiger partial charge is 0.404 e. The summed E-state index contributed by atoms with van der Waals surface area (Å²) in [5.74, 6) is 0.266. The largest absolute Gasteiger partial charge is 0.467 e. The third kappa shape index (κ3) is 3.82. The maximum atomic E-state index is 10.3. The zero-order chi connectivity index (χ0) is 12.0. The third-order valence-electron chi connectivity index (χ3n) is 1.44. The molecule has 16 heavy (non-hydrogen) atoms. The quantitative estimate of drug-likeness (QED) is 0.543. The number of hydrogen-bond donors (Lipinski definition) is 3. The van der Waals surface area contributed by atoms with Gasteiger partial charge in [0.25, 0.3) is 0 Å². The van der Waals surface area contributed by atoms with Crippen molar-refractivity contribution in [3.63, 3.8) is 0 Å². The highest BCUT2D eigenvalue weighted by Crippen LogP contribution is 2.07. The van der Waals surface area contributed by atoms with Crippen LogP contribution in [0.1, 0.15) is 0 Å². The molecule has 0 bridgehead atoms. The number of primary amides is 1. The molecule has 0 atom stereocenters. The number of nitrogen functional groups attached to an aromatic ring is 1. The van der Waals surface area contributed by atoms with Crippen LogP contribution in [0.15, 0.2) is 0 Å². The Labute approximate surface area is 91.2 Å². The van der Waals surface area contributed by atoms with Crippen LogP contribution in [0, 0.1) is 0 Å². The Morgan fingerprint density at radius 3 is 2.81 bits per heavy atom. The van der Waals surface area contributed by atoms with Gasteiger partial charge in [0.15, 0.2) is 0 Å². The first-order valence-corrected chi connectivity index (χ1v) is 4.33. The lowest BCUT2D eigenvalue weighted by Gasteiger charge is -2.06. The van der Waals surface area contributed by atoms with Crippen LogP contribution in [-0.2, 0) is 4.74 Å². The van der Waals surface area contributed by atoms with Gasteiger partial charge in [0.2, 0.25) is 11.9 Å². The lowest BCUT2D eigenvalue weighted by atomic mass is 10.7. The topological polar surface area (TPSA) is 138 Å². The van der Waals surface area contributed by atoms with Gasteiger partial charge in [-0.3, -0.25) is 0 Å². The van der Waals surface area contributed by atoms with Gasteiger partial charge in [0.05, 0.1) is 13.7 Å². The van der Waals surface area contributed by atoms with Crippen molar-refractivity contribution in [2.45, 2.75) is 0 Å². The number of aromatic nitrogens is 3. The fourth-order valence-corrected chi connectivity index (χ4v) is 0.857. The zero-order valence-electron chi connectivity index (χ0n) is 8.64. The maximum Gasteiger partial charge on any atom is 0.404 e. The predicted molar refractivity (Wildman–Crippen MR) is 54.8 cm³/mol. The minimum absolute atomic E-state index is 0.0326. The van der Waals surface area contributed by atoms with Crippen LogP contribution in [-0.4, -0.2) is 41.3 Å². The molecule has 0 aliphatic carbocycles. The normalized spacial score (nSPS) is 9.56. The second kappa shape index (κ2) is 5.53. The lowest BCUT2D eigenvalue weighted by Crippen LogP contribution is -2.19. The molecule has 0 aliphatic heterocycles. The molecule has 0 aliphatic rings. The van der Waals surface area contributed by atoms with Crippen molar-refractivity contribution in [3.05, 3.63) is 0 Å². The van der Waals surface area contributed by atoms with Crippen molar-refractivity contribution >= 4 is 18.0 Å². The average Bonchev–Trinajstić information content (AvgIpc) is 2.23. The molecule has 5 N–H and O–H groups in total. The highest BCUT2D eigenvalue weighted by molar-refractivity contribution is 5.64. The van der Waals surface area contributed by atoms with Crippen LogP contribution in [0.25, 0.3) is 0 Å². The molecular formula is C7H12N6O3. The Bertz CT molecular complexity index is 371. The number of amides is 1. The van der Waals surface area contributed by atoms with Gasteiger partial charge in [-0.05, 0) is 0 Å². The second-order valence-corrected chi connectivity index (χ2v) is 2.60. The standard InChI is InChI=1S/C7H12N6O3/c1-15-7-12-4(8)11-6(13-7)10-2-3-16-5(9)14/h2-3H2,1H3,(H2,9,14)(H3,8,10,11,12,13). The van der Waals surface area contributed by atoms with E-state index in [0.29, 0.717) is 6.54 Å². The molecule has 1 aromatic rings. The first kappa shape index (κ1) is 11.8. The molecule has 9 heteroatoms. The fraction of sp³-hybridized carbons (Fsp3) is 0.429. The third-order valence-corrected chi connectivity index (χ3v) is 1.44. The molecule has 0 unspecified atom stereocenters. The molecular weight excluding hydrogens is 216 g/mol. The van der Waals surface area contributed by atoms with Crippen molar-refractivity contribution in [1.29, 1.82) is 0 Å². The molecule has 0 spiro atoms. The van der Waals surface area contributed by atoms with E-state index >= 15 is 0 Å². The van der Waals surface area contributed by atoms with E-state index in [1.165, 1.54) is 7.11 Å². The zero-order valence-corrected chi connectivity index (χ0v) is 8.64. The molecule has 0 saturated carbocycles. The summed E-state index contributed by atoms with van der Waals surface area (Å²) in [6, 6.07) is 0.103. The number of hydrogen-bond acceptors (Lipinski definition) is 8. The van der Waals surface area contributed by atoms with Gasteiger partial charge >= 0.3 is 12.1 Å². The van der Waals surface area contributed by atoms with Crippen LogP contribution < -0.4 is 21.5 Å². The number of carbonyl (C=O) groups excluding carboxylic acids is 1. The monoisotopic (exact) mass is 228 g/mol. The van der Waals surface area contributed by atoms with Gasteiger partial charge in [0.1, 0.15) is 6.61 Å². The van der Waals surface area contributed by atoms with Gasteiger partial charge in [-0.15, -0.1) is 0 Å². The summed E-state index contributed by atoms with van der Waals surface area (Å²) in [5, 5.41) is 2.76. The Hall–Kier alpha value is -2.32. The number of methoxy groups -OCH3 is 1. The molecule has 9 nitrogen and oxygen atoms in total. The SMILES string of the molecule is COc1nc(N)nc(NCCOC(N)=O)n1. The lowest BCUT2D eigenvalue weighted by molar-refractivity contribution is 0.161. The van der Waals surface area contributed by atoms with E-state index in [1.54, 1.807) is 0 Å². The van der Waals surface area contributed by atoms with Crippen LogP contribution in [0.2, 0.25) is 0 Å². The van der Waals surface area contributed by atoms with Crippen molar-refractivity contribution < 1.29 is 14.3 Å². The summed E-state index contributed by atoms with van der Waals surface area (Å²) in [6.45, 7) is 0.402. The van der Waals surface area contributed by atoms with Crippen LogP contribution in [0.4, 0.5) is 16.7 Å². The van der Waals surface area contributed by atoms with Gasteiger partial charge in [0, 0.05) is 0 Å². The first-order chi connectivity index (χ1) is 7.61. The van der Waals surface area contributed by atoms with E-state index in [-0.39, 0.29) is 24.5 Å².